The number of rotatable bonds is 5. The maximum Gasteiger partial charge on any atom is 0.270 e. The van der Waals surface area contributed by atoms with E-state index in [-0.39, 0.29) is 30.7 Å². The predicted octanol–water partition coefficient (Wildman–Crippen LogP) is 7.49. The first-order valence-electron chi connectivity index (χ1n) is 15.5. The minimum Gasteiger partial charge on any atom is -0.350 e. The Kier molecular flexibility index (Phi) is 11.2. The van der Waals surface area contributed by atoms with E-state index >= 15 is 0 Å². The van der Waals surface area contributed by atoms with E-state index in [0.29, 0.717) is 5.92 Å². The summed E-state index contributed by atoms with van der Waals surface area (Å²) in [7, 11) is 0. The Morgan fingerprint density at radius 2 is 1.41 bits per heavy atom. The summed E-state index contributed by atoms with van der Waals surface area (Å²) >= 11 is 0. The van der Waals surface area contributed by atoms with Gasteiger partial charge in [0.2, 0.25) is 0 Å². The first kappa shape index (κ1) is 31.9. The van der Waals surface area contributed by atoms with Crippen LogP contribution in [0.5, 0.6) is 0 Å². The standard InChI is InChI=1S/C34H46N4O.2ClH/c1-25-10-9-11-26(2)32(25)27-16-18-36(19-17-27)24-30-29-14-7-8-15-31(29)35-33(30)34(39)38-22-20-37(21-23-38)28-12-5-3-4-6-13-28;;/h7-11,14-15,27-28,35H,3-6,12-13,16-24H2,1-2H3;2*1H. The number of piperazine rings is 1. The van der Waals surface area contributed by atoms with Crippen molar-refractivity contribution in [3.63, 3.8) is 0 Å². The number of amides is 1. The van der Waals surface area contributed by atoms with Crippen molar-refractivity contribution in [2.24, 2.45) is 0 Å². The van der Waals surface area contributed by atoms with Crippen LogP contribution in [0.3, 0.4) is 0 Å². The van der Waals surface area contributed by atoms with Crippen molar-refractivity contribution in [2.75, 3.05) is 39.3 Å². The monoisotopic (exact) mass is 598 g/mol. The Hall–Kier alpha value is -2.05. The predicted molar refractivity (Wildman–Crippen MR) is 175 cm³/mol. The number of aryl methyl sites for hydroxylation is 2. The minimum absolute atomic E-state index is 0. The van der Waals surface area contributed by atoms with E-state index in [1.54, 1.807) is 5.56 Å². The molecule has 7 heteroatoms. The molecule has 224 valence electrons. The number of para-hydroxylation sites is 1. The molecule has 0 radical (unpaired) electrons. The number of nitrogens with one attached hydrogen (secondary N) is 1. The van der Waals surface area contributed by atoms with Gasteiger partial charge in [-0.1, -0.05) is 62.1 Å². The fourth-order valence-electron chi connectivity index (χ4n) is 7.69. The summed E-state index contributed by atoms with van der Waals surface area (Å²) in [5.41, 5.74) is 7.50. The highest BCUT2D eigenvalue weighted by molar-refractivity contribution is 6.01. The SMILES string of the molecule is Cc1cccc(C)c1C1CCN(Cc2c(C(=O)N3CCN(C4CCCCCC4)CC3)[nH]c3ccccc23)CC1.Cl.Cl. The molecule has 6 rings (SSSR count). The number of nitrogens with zero attached hydrogens (tertiary/aromatic N) is 3. The summed E-state index contributed by atoms with van der Waals surface area (Å²) in [5, 5.41) is 1.20. The van der Waals surface area contributed by atoms with E-state index < -0.39 is 0 Å². The van der Waals surface area contributed by atoms with Gasteiger partial charge in [0, 0.05) is 55.2 Å². The molecule has 3 aliphatic rings. The molecule has 0 unspecified atom stereocenters. The number of benzene rings is 2. The molecule has 1 aliphatic carbocycles. The quantitative estimate of drug-likeness (QED) is 0.309. The fourth-order valence-corrected chi connectivity index (χ4v) is 7.69. The zero-order chi connectivity index (χ0) is 26.8. The molecule has 3 fully saturated rings. The van der Waals surface area contributed by atoms with Crippen LogP contribution in [0, 0.1) is 13.8 Å². The topological polar surface area (TPSA) is 42.6 Å². The lowest BCUT2D eigenvalue weighted by Gasteiger charge is -2.39. The van der Waals surface area contributed by atoms with Gasteiger partial charge in [-0.3, -0.25) is 14.6 Å². The molecule has 1 aromatic heterocycles. The summed E-state index contributed by atoms with van der Waals surface area (Å²) < 4.78 is 0. The molecule has 1 N–H and O–H groups in total. The molecule has 0 spiro atoms. The van der Waals surface area contributed by atoms with Gasteiger partial charge < -0.3 is 9.88 Å². The number of hydrogen-bond donors (Lipinski definition) is 1. The van der Waals surface area contributed by atoms with Crippen LogP contribution >= 0.6 is 24.8 Å². The average molecular weight is 600 g/mol. The lowest BCUT2D eigenvalue weighted by Crippen LogP contribution is -2.52. The van der Waals surface area contributed by atoms with Crippen molar-refractivity contribution in [1.82, 2.24) is 19.7 Å². The van der Waals surface area contributed by atoms with Gasteiger partial charge in [-0.25, -0.2) is 0 Å². The number of likely N-dealkylation sites (tertiary alicyclic amines) is 1. The van der Waals surface area contributed by atoms with Gasteiger partial charge in [-0.2, -0.15) is 0 Å². The number of piperidine rings is 1. The van der Waals surface area contributed by atoms with Crippen molar-refractivity contribution < 1.29 is 4.79 Å². The van der Waals surface area contributed by atoms with Crippen molar-refractivity contribution in [1.29, 1.82) is 0 Å². The molecule has 2 saturated heterocycles. The number of carbonyl (C=O) groups excluding carboxylic acids is 1. The molecular formula is C34H48Cl2N4O. The molecule has 3 aromatic rings. The van der Waals surface area contributed by atoms with Gasteiger partial charge in [0.15, 0.2) is 0 Å². The fraction of sp³-hybridized carbons (Fsp3) is 0.559. The molecule has 3 heterocycles. The summed E-state index contributed by atoms with van der Waals surface area (Å²) in [6.45, 7) is 11.2. The highest BCUT2D eigenvalue weighted by atomic mass is 35.5. The Labute approximate surface area is 258 Å². The van der Waals surface area contributed by atoms with Crippen molar-refractivity contribution in [3.8, 4) is 0 Å². The third-order valence-electron chi connectivity index (χ3n) is 9.89. The summed E-state index contributed by atoms with van der Waals surface area (Å²) in [4.78, 5) is 24.8. The smallest absolute Gasteiger partial charge is 0.270 e. The van der Waals surface area contributed by atoms with Gasteiger partial charge in [-0.05, 0) is 81.3 Å². The zero-order valence-corrected chi connectivity index (χ0v) is 26.5. The lowest BCUT2D eigenvalue weighted by atomic mass is 9.84. The van der Waals surface area contributed by atoms with E-state index in [4.69, 9.17) is 0 Å². The molecule has 2 aliphatic heterocycles. The summed E-state index contributed by atoms with van der Waals surface area (Å²) in [5.74, 6) is 0.823. The van der Waals surface area contributed by atoms with E-state index in [0.717, 1.165) is 63.1 Å². The van der Waals surface area contributed by atoms with E-state index in [2.05, 4.69) is 76.0 Å². The summed E-state index contributed by atoms with van der Waals surface area (Å²) in [6, 6.07) is 15.9. The Balaban J connectivity index is 0.00000194. The Morgan fingerprint density at radius 1 is 0.780 bits per heavy atom. The number of H-pyrrole nitrogens is 1. The maximum absolute atomic E-state index is 13.9. The Bertz CT molecular complexity index is 1260. The van der Waals surface area contributed by atoms with Crippen molar-refractivity contribution in [2.45, 2.75) is 83.7 Å². The highest BCUT2D eigenvalue weighted by Crippen LogP contribution is 2.34. The molecule has 41 heavy (non-hydrogen) atoms. The number of hydrogen-bond acceptors (Lipinski definition) is 3. The average Bonchev–Trinajstić information content (AvgIpc) is 3.11. The van der Waals surface area contributed by atoms with E-state index in [1.165, 1.54) is 73.4 Å². The second-order valence-electron chi connectivity index (χ2n) is 12.4. The number of halogens is 2. The van der Waals surface area contributed by atoms with Gasteiger partial charge in [0.25, 0.3) is 5.91 Å². The van der Waals surface area contributed by atoms with Crippen LogP contribution in [0.2, 0.25) is 0 Å². The van der Waals surface area contributed by atoms with Crippen molar-refractivity contribution >= 4 is 41.6 Å². The van der Waals surface area contributed by atoms with Crippen molar-refractivity contribution in [3.05, 3.63) is 70.4 Å². The van der Waals surface area contributed by atoms with Crippen LogP contribution in [0.4, 0.5) is 0 Å². The maximum atomic E-state index is 13.9. The third kappa shape index (κ3) is 6.96. The number of aromatic amines is 1. The molecule has 0 bridgehead atoms. The van der Waals surface area contributed by atoms with Gasteiger partial charge >= 0.3 is 0 Å². The van der Waals surface area contributed by atoms with Crippen LogP contribution in [0.15, 0.2) is 42.5 Å². The van der Waals surface area contributed by atoms with Crippen LogP contribution < -0.4 is 0 Å². The van der Waals surface area contributed by atoms with Crippen LogP contribution in [-0.2, 0) is 6.54 Å². The third-order valence-corrected chi connectivity index (χ3v) is 9.89. The molecular weight excluding hydrogens is 551 g/mol. The van der Waals surface area contributed by atoms with E-state index in [1.807, 2.05) is 0 Å². The first-order chi connectivity index (χ1) is 19.1. The first-order valence-corrected chi connectivity index (χ1v) is 15.5. The second-order valence-corrected chi connectivity index (χ2v) is 12.4. The molecule has 1 saturated carbocycles. The van der Waals surface area contributed by atoms with Gasteiger partial charge in [-0.15, -0.1) is 24.8 Å². The lowest BCUT2D eigenvalue weighted by molar-refractivity contribution is 0.0545. The van der Waals surface area contributed by atoms with Gasteiger partial charge in [0.05, 0.1) is 0 Å². The van der Waals surface area contributed by atoms with Gasteiger partial charge in [0.1, 0.15) is 5.69 Å². The second kappa shape index (κ2) is 14.4. The Morgan fingerprint density at radius 3 is 2.07 bits per heavy atom. The largest absolute Gasteiger partial charge is 0.350 e. The van der Waals surface area contributed by atoms with Crippen LogP contribution in [0.1, 0.15) is 90.0 Å². The normalized spacial score (nSPS) is 19.9. The summed E-state index contributed by atoms with van der Waals surface area (Å²) in [6.07, 6.45) is 10.5. The van der Waals surface area contributed by atoms with E-state index in [9.17, 15) is 4.79 Å². The molecule has 1 amide bonds. The number of carbonyl (C=O) groups is 1. The molecule has 5 nitrogen and oxygen atoms in total. The minimum atomic E-state index is 0. The highest BCUT2D eigenvalue weighted by Gasteiger charge is 2.30. The van der Waals surface area contributed by atoms with Crippen LogP contribution in [0.25, 0.3) is 10.9 Å². The zero-order valence-electron chi connectivity index (χ0n) is 24.9. The molecule has 0 atom stereocenters. The molecule has 2 aromatic carbocycles. The number of fused-ring (bicyclic) bond motifs is 1. The number of aromatic nitrogens is 1. The van der Waals surface area contributed by atoms with Crippen LogP contribution in [-0.4, -0.2) is 70.9 Å².